The Morgan fingerprint density at radius 3 is 2.36 bits per heavy atom. The van der Waals surface area contributed by atoms with E-state index in [1.807, 2.05) is 73.7 Å². The number of nitrogens with one attached hydrogen (secondary N) is 3. The van der Waals surface area contributed by atoms with Crippen molar-refractivity contribution in [1.29, 1.82) is 0 Å². The molecule has 3 atom stereocenters. The van der Waals surface area contributed by atoms with Gasteiger partial charge in [-0.3, -0.25) is 4.79 Å². The van der Waals surface area contributed by atoms with Gasteiger partial charge in [0.25, 0.3) is 0 Å². The summed E-state index contributed by atoms with van der Waals surface area (Å²) >= 11 is 0. The van der Waals surface area contributed by atoms with E-state index in [9.17, 15) is 14.7 Å². The standard InChI is InChI=1S/C34H41N5O5/c1-2-35-33(42)37-27-14-12-26(13-15-27)31-43-29(20-30(44-31)25-10-8-24(22-40)9-11-25)21-38-18-16-34(17-19-38)32(41)36-23-39(34)28-6-4-3-5-7-28/h3-15,29-31,40H,2,16-23H2,1H3,(H,36,41)(H2,35,37,42)/t29-,30+,31+/m0/s1. The minimum Gasteiger partial charge on any atom is -0.392 e. The second-order valence-electron chi connectivity index (χ2n) is 11.7. The molecule has 1 spiro atoms. The van der Waals surface area contributed by atoms with Crippen molar-refractivity contribution in [2.75, 3.05) is 43.1 Å². The molecule has 4 N–H and O–H groups in total. The molecular weight excluding hydrogens is 558 g/mol. The van der Waals surface area contributed by atoms with Crippen LogP contribution >= 0.6 is 0 Å². The van der Waals surface area contributed by atoms with E-state index in [2.05, 4.69) is 37.9 Å². The molecule has 3 aromatic rings. The first kappa shape index (κ1) is 30.1. The zero-order chi connectivity index (χ0) is 30.5. The van der Waals surface area contributed by atoms with E-state index in [1.165, 1.54) is 0 Å². The van der Waals surface area contributed by atoms with Crippen LogP contribution in [0, 0.1) is 0 Å². The normalized spacial score (nSPS) is 23.4. The maximum absolute atomic E-state index is 13.1. The number of hydrogen-bond acceptors (Lipinski definition) is 7. The Morgan fingerprint density at radius 1 is 0.977 bits per heavy atom. The number of carbonyl (C=O) groups is 2. The highest BCUT2D eigenvalue weighted by Crippen LogP contribution is 2.40. The zero-order valence-electron chi connectivity index (χ0n) is 25.1. The largest absolute Gasteiger partial charge is 0.392 e. The second-order valence-corrected chi connectivity index (χ2v) is 11.7. The van der Waals surface area contributed by atoms with Crippen LogP contribution < -0.4 is 20.9 Å². The topological polar surface area (TPSA) is 115 Å². The summed E-state index contributed by atoms with van der Waals surface area (Å²) in [5.41, 5.74) is 3.98. The fourth-order valence-electron chi connectivity index (χ4n) is 6.52. The number of urea groups is 1. The molecule has 6 rings (SSSR count). The third kappa shape index (κ3) is 6.44. The molecule has 232 valence electrons. The summed E-state index contributed by atoms with van der Waals surface area (Å²) in [6.45, 7) is 5.25. The minimum atomic E-state index is -0.583. The van der Waals surface area contributed by atoms with Crippen LogP contribution in [0.4, 0.5) is 16.2 Å². The van der Waals surface area contributed by atoms with Gasteiger partial charge in [0.1, 0.15) is 5.54 Å². The third-order valence-electron chi connectivity index (χ3n) is 8.94. The van der Waals surface area contributed by atoms with Gasteiger partial charge < -0.3 is 40.3 Å². The van der Waals surface area contributed by atoms with Gasteiger partial charge in [0, 0.05) is 49.5 Å². The molecule has 3 heterocycles. The number of hydrogen-bond donors (Lipinski definition) is 4. The number of para-hydroxylation sites is 1. The summed E-state index contributed by atoms with van der Waals surface area (Å²) in [4.78, 5) is 29.7. The Labute approximate surface area is 258 Å². The molecule has 3 aromatic carbocycles. The molecule has 3 aliphatic rings. The van der Waals surface area contributed by atoms with E-state index in [1.54, 1.807) is 0 Å². The van der Waals surface area contributed by atoms with E-state index in [0.717, 1.165) is 54.9 Å². The number of piperidine rings is 1. The van der Waals surface area contributed by atoms with Gasteiger partial charge >= 0.3 is 6.03 Å². The molecule has 0 saturated carbocycles. The molecule has 0 unspecified atom stereocenters. The molecule has 0 aromatic heterocycles. The van der Waals surface area contributed by atoms with Gasteiger partial charge in [0.15, 0.2) is 6.29 Å². The molecule has 44 heavy (non-hydrogen) atoms. The summed E-state index contributed by atoms with van der Waals surface area (Å²) in [6.07, 6.45) is 1.30. The number of carbonyl (C=O) groups excluding carboxylic acids is 2. The molecule has 0 aliphatic carbocycles. The third-order valence-corrected chi connectivity index (χ3v) is 8.94. The lowest BCUT2D eigenvalue weighted by atomic mass is 9.85. The Kier molecular flexibility index (Phi) is 9.13. The first-order valence-corrected chi connectivity index (χ1v) is 15.5. The van der Waals surface area contributed by atoms with Gasteiger partial charge in [0.2, 0.25) is 5.91 Å². The molecular formula is C34H41N5O5. The zero-order valence-corrected chi connectivity index (χ0v) is 25.1. The quantitative estimate of drug-likeness (QED) is 0.305. The number of benzene rings is 3. The SMILES string of the molecule is CCNC(=O)Nc1ccc([C@@H]2O[C@H](CN3CCC4(CC3)C(=O)NCN4c3ccccc3)C[C@H](c3ccc(CO)cc3)O2)cc1. The molecule has 10 nitrogen and oxygen atoms in total. The molecule has 3 saturated heterocycles. The predicted octanol–water partition coefficient (Wildman–Crippen LogP) is 4.29. The smallest absolute Gasteiger partial charge is 0.319 e. The van der Waals surface area contributed by atoms with E-state index in [-0.39, 0.29) is 30.8 Å². The van der Waals surface area contributed by atoms with Crippen molar-refractivity contribution in [2.24, 2.45) is 0 Å². The summed E-state index contributed by atoms with van der Waals surface area (Å²) in [6, 6.07) is 25.3. The van der Waals surface area contributed by atoms with Gasteiger partial charge in [-0.25, -0.2) is 4.79 Å². The number of rotatable bonds is 8. The predicted molar refractivity (Wildman–Crippen MR) is 168 cm³/mol. The fraction of sp³-hybridized carbons (Fsp3) is 0.412. The molecule has 3 aliphatic heterocycles. The van der Waals surface area contributed by atoms with Crippen molar-refractivity contribution in [3.8, 4) is 0 Å². The lowest BCUT2D eigenvalue weighted by molar-refractivity contribution is -0.253. The first-order valence-electron chi connectivity index (χ1n) is 15.5. The molecule has 0 bridgehead atoms. The van der Waals surface area contributed by atoms with Crippen LogP contribution in [0.2, 0.25) is 0 Å². The summed E-state index contributed by atoms with van der Waals surface area (Å²) in [5.74, 6) is 0.111. The maximum Gasteiger partial charge on any atom is 0.319 e. The van der Waals surface area contributed by atoms with E-state index in [0.29, 0.717) is 25.3 Å². The van der Waals surface area contributed by atoms with Crippen LogP contribution in [0.25, 0.3) is 0 Å². The van der Waals surface area contributed by atoms with Crippen molar-refractivity contribution >= 4 is 23.3 Å². The van der Waals surface area contributed by atoms with E-state index < -0.39 is 11.8 Å². The monoisotopic (exact) mass is 599 g/mol. The average Bonchev–Trinajstić information content (AvgIpc) is 3.37. The Balaban J connectivity index is 1.15. The van der Waals surface area contributed by atoms with Crippen molar-refractivity contribution in [3.05, 3.63) is 95.6 Å². The number of nitrogens with zero attached hydrogens (tertiary/aromatic N) is 2. The number of anilines is 2. The number of aliphatic hydroxyl groups is 1. The van der Waals surface area contributed by atoms with Gasteiger partial charge in [-0.2, -0.15) is 0 Å². The molecule has 3 fully saturated rings. The van der Waals surface area contributed by atoms with Crippen molar-refractivity contribution < 1.29 is 24.2 Å². The lowest BCUT2D eigenvalue weighted by Crippen LogP contribution is -2.57. The number of amides is 3. The van der Waals surface area contributed by atoms with Crippen LogP contribution in [0.3, 0.4) is 0 Å². The van der Waals surface area contributed by atoms with Crippen LogP contribution in [0.15, 0.2) is 78.9 Å². The first-order chi connectivity index (χ1) is 21.5. The highest BCUT2D eigenvalue weighted by Gasteiger charge is 2.50. The van der Waals surface area contributed by atoms with E-state index >= 15 is 0 Å². The van der Waals surface area contributed by atoms with Gasteiger partial charge in [-0.15, -0.1) is 0 Å². The maximum atomic E-state index is 13.1. The highest BCUT2D eigenvalue weighted by molar-refractivity contribution is 5.93. The highest BCUT2D eigenvalue weighted by atomic mass is 16.7. The van der Waals surface area contributed by atoms with Crippen molar-refractivity contribution in [3.63, 3.8) is 0 Å². The Morgan fingerprint density at radius 2 is 1.68 bits per heavy atom. The summed E-state index contributed by atoms with van der Waals surface area (Å²) in [5, 5.41) is 18.2. The molecule has 10 heteroatoms. The van der Waals surface area contributed by atoms with Gasteiger partial charge in [-0.1, -0.05) is 54.6 Å². The fourth-order valence-corrected chi connectivity index (χ4v) is 6.52. The van der Waals surface area contributed by atoms with Crippen LogP contribution in [-0.4, -0.2) is 66.4 Å². The van der Waals surface area contributed by atoms with Crippen LogP contribution in [-0.2, 0) is 20.9 Å². The number of aliphatic hydroxyl groups excluding tert-OH is 1. The van der Waals surface area contributed by atoms with Gasteiger partial charge in [0.05, 0.1) is 25.5 Å². The average molecular weight is 600 g/mol. The van der Waals surface area contributed by atoms with Crippen molar-refractivity contribution in [1.82, 2.24) is 15.5 Å². The number of ether oxygens (including phenoxy) is 2. The Hall–Kier alpha value is -3.96. The molecule has 0 radical (unpaired) electrons. The summed E-state index contributed by atoms with van der Waals surface area (Å²) < 4.78 is 13.1. The molecule has 3 amide bonds. The Bertz CT molecular complexity index is 1410. The van der Waals surface area contributed by atoms with E-state index in [4.69, 9.17) is 9.47 Å². The summed E-state index contributed by atoms with van der Waals surface area (Å²) in [7, 11) is 0. The lowest BCUT2D eigenvalue weighted by Gasteiger charge is -2.45. The minimum absolute atomic E-state index is 0.00694. The van der Waals surface area contributed by atoms with Crippen LogP contribution in [0.5, 0.6) is 0 Å². The van der Waals surface area contributed by atoms with Crippen LogP contribution in [0.1, 0.15) is 55.3 Å². The van der Waals surface area contributed by atoms with Gasteiger partial charge in [-0.05, 0) is 55.2 Å². The van der Waals surface area contributed by atoms with Crippen molar-refractivity contribution in [2.45, 2.75) is 56.8 Å². The number of likely N-dealkylation sites (tertiary alicyclic amines) is 1. The second kappa shape index (κ2) is 13.4.